The molecule has 0 saturated carbocycles. The van der Waals surface area contributed by atoms with Gasteiger partial charge in [-0.05, 0) is 37.6 Å². The van der Waals surface area contributed by atoms with Crippen molar-refractivity contribution in [1.82, 2.24) is 15.0 Å². The predicted molar refractivity (Wildman–Crippen MR) is 104 cm³/mol. The van der Waals surface area contributed by atoms with Crippen LogP contribution in [-0.2, 0) is 5.92 Å². The molecule has 0 saturated heterocycles. The van der Waals surface area contributed by atoms with Gasteiger partial charge in [-0.1, -0.05) is 29.3 Å². The molecule has 164 valence electrons. The molecule has 5 nitrogen and oxygen atoms in total. The smallest absolute Gasteiger partial charge is 0.449 e. The Morgan fingerprint density at radius 1 is 0.968 bits per heavy atom. The fourth-order valence-corrected chi connectivity index (χ4v) is 2.73. The third-order valence-electron chi connectivity index (χ3n) is 4.23. The van der Waals surface area contributed by atoms with E-state index in [0.717, 1.165) is 17.7 Å². The number of hydrogen-bond donors (Lipinski definition) is 1. The van der Waals surface area contributed by atoms with Gasteiger partial charge < -0.3 is 9.72 Å². The lowest BCUT2D eigenvalue weighted by molar-refractivity contribution is -0.291. The van der Waals surface area contributed by atoms with Gasteiger partial charge in [-0.2, -0.15) is 22.0 Å². The Morgan fingerprint density at radius 2 is 1.65 bits per heavy atom. The Kier molecular flexibility index (Phi) is 5.98. The Balaban J connectivity index is 2.23. The number of aryl methyl sites for hydroxylation is 2. The van der Waals surface area contributed by atoms with Gasteiger partial charge in [0.25, 0.3) is 5.56 Å². The highest BCUT2D eigenvalue weighted by Gasteiger charge is 2.62. The van der Waals surface area contributed by atoms with Gasteiger partial charge >= 0.3 is 12.1 Å². The van der Waals surface area contributed by atoms with Crippen LogP contribution in [0.3, 0.4) is 0 Å². The number of nitrogens with one attached hydrogen (secondary N) is 1. The Bertz CT molecular complexity index is 1210. The van der Waals surface area contributed by atoms with Crippen molar-refractivity contribution in [2.75, 3.05) is 0 Å². The van der Waals surface area contributed by atoms with Crippen molar-refractivity contribution in [3.05, 3.63) is 67.7 Å². The second-order valence-electron chi connectivity index (χ2n) is 6.44. The lowest BCUT2D eigenvalue weighted by atomic mass is 10.1. The number of H-pyrrole nitrogens is 1. The first-order valence-corrected chi connectivity index (χ1v) is 9.23. The maximum Gasteiger partial charge on any atom is 0.459 e. The van der Waals surface area contributed by atoms with Gasteiger partial charge in [-0.15, -0.1) is 0 Å². The Hall–Kier alpha value is -2.72. The van der Waals surface area contributed by atoms with E-state index in [1.54, 1.807) is 19.9 Å². The minimum Gasteiger partial charge on any atom is -0.449 e. The molecule has 0 aliphatic heterocycles. The quantitative estimate of drug-likeness (QED) is 0.452. The van der Waals surface area contributed by atoms with E-state index in [1.165, 1.54) is 12.1 Å². The van der Waals surface area contributed by atoms with E-state index < -0.39 is 34.9 Å². The minimum atomic E-state index is -6.04. The summed E-state index contributed by atoms with van der Waals surface area (Å²) >= 11 is 11.6. The number of pyridine rings is 1. The monoisotopic (exact) mass is 479 g/mol. The third-order valence-corrected chi connectivity index (χ3v) is 4.97. The Morgan fingerprint density at radius 3 is 2.23 bits per heavy atom. The van der Waals surface area contributed by atoms with Crippen LogP contribution < -0.4 is 10.3 Å². The number of aromatic nitrogens is 3. The fourth-order valence-electron chi connectivity index (χ4n) is 2.45. The number of halogens is 7. The van der Waals surface area contributed by atoms with E-state index in [9.17, 15) is 26.7 Å². The van der Waals surface area contributed by atoms with Crippen LogP contribution in [0.2, 0.25) is 10.0 Å². The summed E-state index contributed by atoms with van der Waals surface area (Å²) in [5.74, 6) is -7.71. The highest BCUT2D eigenvalue weighted by atomic mass is 35.5. The number of nitrogens with zero attached hydrogens (tertiary/aromatic N) is 2. The predicted octanol–water partition coefficient (Wildman–Crippen LogP) is 6.20. The minimum absolute atomic E-state index is 0.0661. The molecule has 1 N–H and O–H groups in total. The summed E-state index contributed by atoms with van der Waals surface area (Å²) in [4.78, 5) is 22.1. The van der Waals surface area contributed by atoms with Gasteiger partial charge in [0.2, 0.25) is 5.75 Å². The number of aromatic amines is 1. The van der Waals surface area contributed by atoms with Crippen molar-refractivity contribution in [2.24, 2.45) is 0 Å². The molecule has 3 aromatic rings. The highest BCUT2D eigenvalue weighted by molar-refractivity contribution is 6.42. The van der Waals surface area contributed by atoms with Crippen LogP contribution in [0, 0.1) is 13.8 Å². The molecule has 1 aromatic carbocycles. The van der Waals surface area contributed by atoms with Crippen molar-refractivity contribution >= 4 is 23.2 Å². The van der Waals surface area contributed by atoms with E-state index in [2.05, 4.69) is 15.0 Å². The molecule has 31 heavy (non-hydrogen) atoms. The normalized spacial score (nSPS) is 12.2. The SMILES string of the molecule is Cc1ccc(-c2nc(C(F)(F)C(F)(F)F)c(Oc3ccc(Cl)c(Cl)c3)c(=O)[nH]2)nc1C. The van der Waals surface area contributed by atoms with Crippen molar-refractivity contribution in [3.63, 3.8) is 0 Å². The average molecular weight is 480 g/mol. The van der Waals surface area contributed by atoms with E-state index in [0.29, 0.717) is 5.69 Å². The van der Waals surface area contributed by atoms with E-state index in [4.69, 9.17) is 27.9 Å². The molecule has 0 radical (unpaired) electrons. The van der Waals surface area contributed by atoms with Gasteiger partial charge in [0, 0.05) is 11.8 Å². The van der Waals surface area contributed by atoms with Crippen molar-refractivity contribution in [1.29, 1.82) is 0 Å². The summed E-state index contributed by atoms with van der Waals surface area (Å²) < 4.78 is 73.0. The molecule has 0 spiro atoms. The van der Waals surface area contributed by atoms with Crippen molar-refractivity contribution in [2.45, 2.75) is 25.9 Å². The molecule has 0 aliphatic carbocycles. The zero-order valence-electron chi connectivity index (χ0n) is 15.7. The van der Waals surface area contributed by atoms with Crippen molar-refractivity contribution < 1.29 is 26.7 Å². The van der Waals surface area contributed by atoms with Crippen LogP contribution in [0.4, 0.5) is 22.0 Å². The van der Waals surface area contributed by atoms with Crippen LogP contribution >= 0.6 is 23.2 Å². The largest absolute Gasteiger partial charge is 0.459 e. The fraction of sp³-hybridized carbons (Fsp3) is 0.211. The summed E-state index contributed by atoms with van der Waals surface area (Å²) in [5, 5.41) is 0.0155. The molecule has 3 rings (SSSR count). The molecular formula is C19H12Cl2F5N3O2. The molecular weight excluding hydrogens is 468 g/mol. The maximum absolute atomic E-state index is 14.3. The topological polar surface area (TPSA) is 67.9 Å². The van der Waals surface area contributed by atoms with Gasteiger partial charge in [0.05, 0.1) is 10.0 Å². The number of alkyl halides is 5. The second kappa shape index (κ2) is 8.08. The third kappa shape index (κ3) is 4.49. The summed E-state index contributed by atoms with van der Waals surface area (Å²) in [7, 11) is 0. The number of ether oxygens (including phenoxy) is 1. The van der Waals surface area contributed by atoms with Crippen molar-refractivity contribution in [3.8, 4) is 23.0 Å². The summed E-state index contributed by atoms with van der Waals surface area (Å²) in [6, 6.07) is 6.30. The summed E-state index contributed by atoms with van der Waals surface area (Å²) in [5.41, 5.74) is -2.16. The van der Waals surface area contributed by atoms with E-state index in [1.807, 2.05) is 0 Å². The number of rotatable bonds is 4. The molecule has 2 aromatic heterocycles. The van der Waals surface area contributed by atoms with Gasteiger partial charge in [-0.3, -0.25) is 4.79 Å². The standard InChI is InChI=1S/C19H12Cl2F5N3O2/c1-8-3-6-13(27-9(8)2)16-28-15(18(22,23)19(24,25)26)14(17(30)29-16)31-10-4-5-11(20)12(21)7-10/h3-7H,1-2H3,(H,28,29,30). The van der Waals surface area contributed by atoms with Gasteiger partial charge in [-0.25, -0.2) is 9.97 Å². The average Bonchev–Trinajstić information content (AvgIpc) is 2.67. The van der Waals surface area contributed by atoms with Crippen LogP contribution in [0.15, 0.2) is 35.1 Å². The molecule has 0 fully saturated rings. The van der Waals surface area contributed by atoms with Gasteiger partial charge in [0.15, 0.2) is 11.5 Å². The lowest BCUT2D eigenvalue weighted by Gasteiger charge is -2.21. The number of hydrogen-bond acceptors (Lipinski definition) is 4. The first kappa shape index (κ1) is 23.0. The van der Waals surface area contributed by atoms with E-state index >= 15 is 0 Å². The number of benzene rings is 1. The summed E-state index contributed by atoms with van der Waals surface area (Å²) in [6.07, 6.45) is -6.04. The molecule has 0 aliphatic rings. The molecule has 0 atom stereocenters. The van der Waals surface area contributed by atoms with Crippen LogP contribution in [0.25, 0.3) is 11.5 Å². The molecule has 0 amide bonds. The molecule has 12 heteroatoms. The second-order valence-corrected chi connectivity index (χ2v) is 7.26. The molecule has 0 unspecified atom stereocenters. The van der Waals surface area contributed by atoms with E-state index in [-0.39, 0.29) is 21.5 Å². The maximum atomic E-state index is 14.3. The zero-order chi connectivity index (χ0) is 23.1. The lowest BCUT2D eigenvalue weighted by Crippen LogP contribution is -2.36. The Labute approximate surface area is 181 Å². The molecule has 2 heterocycles. The van der Waals surface area contributed by atoms with Crippen LogP contribution in [0.5, 0.6) is 11.5 Å². The molecule has 0 bridgehead atoms. The van der Waals surface area contributed by atoms with Gasteiger partial charge in [0.1, 0.15) is 11.4 Å². The summed E-state index contributed by atoms with van der Waals surface area (Å²) in [6.45, 7) is 3.32. The highest BCUT2D eigenvalue weighted by Crippen LogP contribution is 2.46. The zero-order valence-corrected chi connectivity index (χ0v) is 17.3. The van der Waals surface area contributed by atoms with Crippen LogP contribution in [-0.4, -0.2) is 21.1 Å². The first-order valence-electron chi connectivity index (χ1n) is 8.48. The first-order chi connectivity index (χ1) is 14.3. The van der Waals surface area contributed by atoms with Crippen LogP contribution in [0.1, 0.15) is 17.0 Å².